The molecule has 0 bridgehead atoms. The second-order valence-electron chi connectivity index (χ2n) is 17.8. The Balaban J connectivity index is 1.21. The number of aromatic nitrogens is 3. The Morgan fingerprint density at radius 3 is 1.65 bits per heavy atom. The summed E-state index contributed by atoms with van der Waals surface area (Å²) in [6, 6.07) is 75.3. The van der Waals surface area contributed by atoms with Crippen molar-refractivity contribution in [2.45, 2.75) is 0 Å². The number of hydrogen-bond donors (Lipinski definition) is 0. The van der Waals surface area contributed by atoms with Gasteiger partial charge in [0.1, 0.15) is 5.58 Å². The third-order valence-corrected chi connectivity index (χ3v) is 13.1. The van der Waals surface area contributed by atoms with Gasteiger partial charge in [0.15, 0.2) is 23.1 Å². The van der Waals surface area contributed by atoms with Crippen LogP contribution in [0.3, 0.4) is 0 Å². The summed E-state index contributed by atoms with van der Waals surface area (Å²) in [7, 11) is 0. The molecule has 0 spiro atoms. The fraction of sp³-hybridized carbons (Fsp3) is 0. The largest absolute Gasteiger partial charge is 0.454 e. The van der Waals surface area contributed by atoms with Gasteiger partial charge in [-0.05, 0) is 99.1 Å². The standard InChI is InChI=1S/C69H50N4O/c1-5-8-25-47(4)54-42-55(50-28-15-10-16-29-50)44-56(43-54)68-70-67(53-40-38-51(39-41-53)49-26-13-9-14-27-49)71-69(72-68)57-45-61(48(7-3)24-6-2)65(62(46-57)52-30-17-11-18-31-52)73(58-32-19-12-20-33-58)63-36-23-35-60-59-34-21-22-37-64(59)74-66(60)63/h5-46H,1-4H2/b25-8-,48-24+. The van der Waals surface area contributed by atoms with E-state index in [0.29, 0.717) is 17.5 Å². The fourth-order valence-electron chi connectivity index (χ4n) is 9.56. The summed E-state index contributed by atoms with van der Waals surface area (Å²) in [6.45, 7) is 16.9. The molecule has 0 unspecified atom stereocenters. The Hall–Kier alpha value is -9.97. The van der Waals surface area contributed by atoms with E-state index in [1.165, 1.54) is 0 Å². The summed E-state index contributed by atoms with van der Waals surface area (Å²) in [6.07, 6.45) is 11.3. The average molecular weight is 951 g/mol. The van der Waals surface area contributed by atoms with Gasteiger partial charge in [-0.3, -0.25) is 0 Å². The molecule has 0 N–H and O–H groups in total. The van der Waals surface area contributed by atoms with E-state index in [4.69, 9.17) is 19.4 Å². The van der Waals surface area contributed by atoms with Crippen LogP contribution in [0.5, 0.6) is 0 Å². The number of hydrogen-bond acceptors (Lipinski definition) is 5. The van der Waals surface area contributed by atoms with E-state index >= 15 is 0 Å². The zero-order valence-electron chi connectivity index (χ0n) is 40.8. The second kappa shape index (κ2) is 20.8. The number of fused-ring (bicyclic) bond motifs is 3. The van der Waals surface area contributed by atoms with Gasteiger partial charge in [0.05, 0.1) is 11.4 Å². The predicted octanol–water partition coefficient (Wildman–Crippen LogP) is 18.8. The van der Waals surface area contributed by atoms with Gasteiger partial charge in [0.2, 0.25) is 0 Å². The summed E-state index contributed by atoms with van der Waals surface area (Å²) in [5, 5.41) is 2.07. The van der Waals surface area contributed by atoms with E-state index < -0.39 is 0 Å². The van der Waals surface area contributed by atoms with Crippen molar-refractivity contribution in [3.05, 3.63) is 292 Å². The quantitative estimate of drug-likeness (QED) is 0.0959. The van der Waals surface area contributed by atoms with Gasteiger partial charge >= 0.3 is 0 Å². The maximum atomic E-state index is 6.81. The lowest BCUT2D eigenvalue weighted by Crippen LogP contribution is -2.14. The van der Waals surface area contributed by atoms with E-state index in [-0.39, 0.29) is 0 Å². The smallest absolute Gasteiger partial charge is 0.164 e. The second-order valence-corrected chi connectivity index (χ2v) is 17.8. The highest BCUT2D eigenvalue weighted by Gasteiger charge is 2.27. The molecule has 5 nitrogen and oxygen atoms in total. The molecular formula is C69H50N4O. The number of rotatable bonds is 15. The molecule has 0 saturated heterocycles. The van der Waals surface area contributed by atoms with Gasteiger partial charge in [-0.15, -0.1) is 0 Å². The summed E-state index contributed by atoms with van der Waals surface area (Å²) in [5.41, 5.74) is 16.4. The first-order valence-electron chi connectivity index (χ1n) is 24.5. The topological polar surface area (TPSA) is 55.1 Å². The summed E-state index contributed by atoms with van der Waals surface area (Å²) < 4.78 is 6.81. The molecule has 0 atom stereocenters. The van der Waals surface area contributed by atoms with Gasteiger partial charge in [-0.1, -0.05) is 227 Å². The van der Waals surface area contributed by atoms with E-state index in [1.807, 2.05) is 72.8 Å². The highest BCUT2D eigenvalue weighted by atomic mass is 16.3. The molecule has 0 radical (unpaired) electrons. The third kappa shape index (κ3) is 9.25. The van der Waals surface area contributed by atoms with Crippen molar-refractivity contribution in [1.82, 2.24) is 15.0 Å². The molecule has 2 heterocycles. The molecule has 0 aliphatic heterocycles. The third-order valence-electron chi connectivity index (χ3n) is 13.1. The van der Waals surface area contributed by atoms with Crippen molar-refractivity contribution in [2.75, 3.05) is 4.90 Å². The minimum absolute atomic E-state index is 0.492. The number of benzene rings is 9. The van der Waals surface area contributed by atoms with Crippen LogP contribution in [0.15, 0.2) is 286 Å². The number of anilines is 3. The van der Waals surface area contributed by atoms with Crippen molar-refractivity contribution in [3.63, 3.8) is 0 Å². The molecule has 0 fully saturated rings. The minimum atomic E-state index is 0.492. The van der Waals surface area contributed by atoms with Gasteiger partial charge < -0.3 is 9.32 Å². The Morgan fingerprint density at radius 2 is 1.00 bits per heavy atom. The van der Waals surface area contributed by atoms with Crippen molar-refractivity contribution in [3.8, 4) is 67.5 Å². The predicted molar refractivity (Wildman–Crippen MR) is 311 cm³/mol. The first-order valence-corrected chi connectivity index (χ1v) is 24.5. The summed E-state index contributed by atoms with van der Waals surface area (Å²) in [5.74, 6) is 1.53. The summed E-state index contributed by atoms with van der Waals surface area (Å²) in [4.78, 5) is 18.4. The van der Waals surface area contributed by atoms with Crippen LogP contribution >= 0.6 is 0 Å². The number of nitrogens with zero attached hydrogens (tertiary/aromatic N) is 4. The van der Waals surface area contributed by atoms with E-state index in [0.717, 1.165) is 111 Å². The molecule has 2 aromatic heterocycles. The maximum absolute atomic E-state index is 6.81. The molecule has 9 aromatic carbocycles. The Morgan fingerprint density at radius 1 is 0.459 bits per heavy atom. The van der Waals surface area contributed by atoms with Gasteiger partial charge in [-0.2, -0.15) is 0 Å². The molecule has 11 rings (SSSR count). The van der Waals surface area contributed by atoms with Crippen molar-refractivity contribution in [2.24, 2.45) is 0 Å². The fourth-order valence-corrected chi connectivity index (χ4v) is 9.56. The first-order chi connectivity index (χ1) is 36.5. The number of allylic oxidation sites excluding steroid dienone is 8. The van der Waals surface area contributed by atoms with E-state index in [9.17, 15) is 0 Å². The number of para-hydroxylation sites is 3. The van der Waals surface area contributed by atoms with Crippen molar-refractivity contribution in [1.29, 1.82) is 0 Å². The number of furan rings is 1. The van der Waals surface area contributed by atoms with Gasteiger partial charge in [-0.25, -0.2) is 15.0 Å². The molecule has 352 valence electrons. The zero-order valence-corrected chi connectivity index (χ0v) is 40.8. The minimum Gasteiger partial charge on any atom is -0.454 e. The maximum Gasteiger partial charge on any atom is 0.164 e. The Kier molecular flexibility index (Phi) is 13.0. The molecule has 0 aliphatic rings. The van der Waals surface area contributed by atoms with Crippen LogP contribution in [-0.2, 0) is 0 Å². The molecule has 74 heavy (non-hydrogen) atoms. The lowest BCUT2D eigenvalue weighted by atomic mass is 9.91. The highest BCUT2D eigenvalue weighted by Crippen LogP contribution is 2.50. The van der Waals surface area contributed by atoms with Gasteiger partial charge in [0.25, 0.3) is 0 Å². The Labute approximate surface area is 432 Å². The van der Waals surface area contributed by atoms with Crippen molar-refractivity contribution < 1.29 is 4.42 Å². The molecule has 5 heteroatoms. The molecule has 0 amide bonds. The lowest BCUT2D eigenvalue weighted by molar-refractivity contribution is 0.669. The lowest BCUT2D eigenvalue weighted by Gasteiger charge is -2.31. The van der Waals surface area contributed by atoms with Crippen LogP contribution < -0.4 is 4.90 Å². The normalized spacial score (nSPS) is 11.5. The van der Waals surface area contributed by atoms with Crippen LogP contribution in [0.4, 0.5) is 17.1 Å². The van der Waals surface area contributed by atoms with Gasteiger partial charge in [0, 0.05) is 44.3 Å². The van der Waals surface area contributed by atoms with Crippen LogP contribution in [0.1, 0.15) is 11.1 Å². The molecule has 11 aromatic rings. The molecule has 0 aliphatic carbocycles. The Bertz CT molecular complexity index is 3950. The van der Waals surface area contributed by atoms with E-state index in [1.54, 1.807) is 12.2 Å². The molecular weight excluding hydrogens is 901 g/mol. The van der Waals surface area contributed by atoms with Crippen LogP contribution in [-0.4, -0.2) is 15.0 Å². The van der Waals surface area contributed by atoms with Crippen LogP contribution in [0.25, 0.3) is 101 Å². The van der Waals surface area contributed by atoms with Crippen molar-refractivity contribution >= 4 is 50.1 Å². The highest BCUT2D eigenvalue weighted by molar-refractivity contribution is 6.11. The summed E-state index contributed by atoms with van der Waals surface area (Å²) >= 11 is 0. The molecule has 0 saturated carbocycles. The van der Waals surface area contributed by atoms with E-state index in [2.05, 4.69) is 201 Å². The average Bonchev–Trinajstić information content (AvgIpc) is 3.86. The first kappa shape index (κ1) is 46.4. The van der Waals surface area contributed by atoms with Crippen LogP contribution in [0, 0.1) is 0 Å². The SMILES string of the molecule is C=C/C=C\C(=C)c1cc(-c2ccccc2)cc(-c2nc(-c3ccc(-c4ccccc4)cc3)nc(-c3cc(/C(C=C)=C/C=C)c(N(c4ccccc4)c4cccc5c4oc4ccccc45)c(-c4ccccc4)c3)n2)c1. The zero-order chi connectivity index (χ0) is 50.4. The monoisotopic (exact) mass is 950 g/mol. The van der Waals surface area contributed by atoms with Crippen LogP contribution in [0.2, 0.25) is 0 Å².